The van der Waals surface area contributed by atoms with Crippen LogP contribution in [0, 0.1) is 0 Å². The molecule has 3 aromatic rings. The van der Waals surface area contributed by atoms with Crippen LogP contribution in [0.1, 0.15) is 63.2 Å². The smallest absolute Gasteiger partial charge is 0.261 e. The summed E-state index contributed by atoms with van der Waals surface area (Å²) in [5.41, 5.74) is 2.35. The van der Waals surface area contributed by atoms with Crippen molar-refractivity contribution in [2.75, 3.05) is 5.32 Å². The number of nitrogens with one attached hydrogen (secondary N) is 1. The van der Waals surface area contributed by atoms with Crippen LogP contribution in [0.2, 0.25) is 0 Å². The fourth-order valence-electron chi connectivity index (χ4n) is 4.25. The first-order valence-corrected chi connectivity index (χ1v) is 10.3. The largest absolute Gasteiger partial charge is 0.322 e. The molecule has 0 spiro atoms. The molecule has 1 N–H and O–H groups in total. The monoisotopic (exact) mass is 416 g/mol. The molecule has 31 heavy (non-hydrogen) atoms. The molecule has 0 radical (unpaired) electrons. The Balaban J connectivity index is 1.33. The summed E-state index contributed by atoms with van der Waals surface area (Å²) in [5, 5.41) is 13.8. The molecule has 1 fully saturated rings. The summed E-state index contributed by atoms with van der Waals surface area (Å²) >= 11 is 0. The number of hydrogen-bond acceptors (Lipinski definition) is 6. The van der Waals surface area contributed by atoms with Crippen LogP contribution in [0.4, 0.5) is 5.69 Å². The fraction of sp³-hybridized carbons (Fsp3) is 0.273. The average molecular weight is 416 g/mol. The van der Waals surface area contributed by atoms with Gasteiger partial charge in [-0.05, 0) is 65.7 Å². The summed E-state index contributed by atoms with van der Waals surface area (Å²) in [6.07, 6.45) is 6.36. The molecule has 9 nitrogen and oxygen atoms in total. The van der Waals surface area contributed by atoms with Crippen LogP contribution >= 0.6 is 0 Å². The minimum atomic E-state index is -0.352. The van der Waals surface area contributed by atoms with Gasteiger partial charge in [-0.1, -0.05) is 19.3 Å². The van der Waals surface area contributed by atoms with Crippen LogP contribution in [-0.2, 0) is 0 Å². The van der Waals surface area contributed by atoms with E-state index in [0.717, 1.165) is 37.8 Å². The number of amides is 3. The van der Waals surface area contributed by atoms with Crippen molar-refractivity contribution >= 4 is 23.4 Å². The van der Waals surface area contributed by atoms with Crippen LogP contribution in [0.25, 0.3) is 5.69 Å². The number of tetrazole rings is 1. The summed E-state index contributed by atoms with van der Waals surface area (Å²) in [6.45, 7) is 0. The third-order valence-electron chi connectivity index (χ3n) is 5.86. The fourth-order valence-corrected chi connectivity index (χ4v) is 4.25. The number of imide groups is 1. The Kier molecular flexibility index (Phi) is 4.78. The van der Waals surface area contributed by atoms with Gasteiger partial charge in [-0.2, -0.15) is 0 Å². The van der Waals surface area contributed by atoms with E-state index in [2.05, 4.69) is 20.8 Å². The van der Waals surface area contributed by atoms with Crippen LogP contribution < -0.4 is 5.32 Å². The first kappa shape index (κ1) is 19.1. The van der Waals surface area contributed by atoms with Gasteiger partial charge in [-0.3, -0.25) is 19.3 Å². The lowest BCUT2D eigenvalue weighted by Gasteiger charge is -2.29. The number of nitrogens with zero attached hydrogens (tertiary/aromatic N) is 5. The summed E-state index contributed by atoms with van der Waals surface area (Å²) in [4.78, 5) is 39.9. The van der Waals surface area contributed by atoms with Gasteiger partial charge in [0.25, 0.3) is 17.7 Å². The topological polar surface area (TPSA) is 110 Å². The van der Waals surface area contributed by atoms with E-state index in [1.54, 1.807) is 36.4 Å². The van der Waals surface area contributed by atoms with Crippen molar-refractivity contribution in [1.82, 2.24) is 25.1 Å². The highest BCUT2D eigenvalue weighted by molar-refractivity contribution is 6.22. The van der Waals surface area contributed by atoms with E-state index in [4.69, 9.17) is 0 Å². The van der Waals surface area contributed by atoms with Gasteiger partial charge in [0, 0.05) is 17.3 Å². The minimum Gasteiger partial charge on any atom is -0.322 e. The molecule has 2 aliphatic rings. The highest BCUT2D eigenvalue weighted by atomic mass is 16.2. The molecular weight excluding hydrogens is 396 g/mol. The molecule has 1 aliphatic carbocycles. The van der Waals surface area contributed by atoms with Gasteiger partial charge >= 0.3 is 0 Å². The van der Waals surface area contributed by atoms with Crippen LogP contribution in [0.15, 0.2) is 48.8 Å². The molecule has 5 rings (SSSR count). The van der Waals surface area contributed by atoms with Gasteiger partial charge in [0.05, 0.1) is 16.8 Å². The number of benzene rings is 2. The van der Waals surface area contributed by atoms with E-state index in [0.29, 0.717) is 22.4 Å². The van der Waals surface area contributed by atoms with E-state index < -0.39 is 0 Å². The van der Waals surface area contributed by atoms with Crippen molar-refractivity contribution in [3.63, 3.8) is 0 Å². The number of rotatable bonds is 4. The third-order valence-corrected chi connectivity index (χ3v) is 5.86. The summed E-state index contributed by atoms with van der Waals surface area (Å²) in [5.74, 6) is -0.904. The van der Waals surface area contributed by atoms with Gasteiger partial charge in [0.2, 0.25) is 0 Å². The summed E-state index contributed by atoms with van der Waals surface area (Å²) in [7, 11) is 0. The second-order valence-corrected chi connectivity index (χ2v) is 7.79. The molecule has 0 saturated heterocycles. The van der Waals surface area contributed by atoms with Gasteiger partial charge in [0.1, 0.15) is 6.33 Å². The Morgan fingerprint density at radius 1 is 0.935 bits per heavy atom. The van der Waals surface area contributed by atoms with Crippen LogP contribution in [-0.4, -0.2) is 48.9 Å². The normalized spacial score (nSPS) is 16.5. The zero-order valence-electron chi connectivity index (χ0n) is 16.7. The number of anilines is 1. The first-order chi connectivity index (χ1) is 15.1. The van der Waals surface area contributed by atoms with Crippen molar-refractivity contribution in [1.29, 1.82) is 0 Å². The average Bonchev–Trinajstić information content (AvgIpc) is 3.42. The van der Waals surface area contributed by atoms with E-state index in [1.165, 1.54) is 22.0 Å². The van der Waals surface area contributed by atoms with Crippen molar-refractivity contribution in [2.45, 2.75) is 38.1 Å². The predicted molar refractivity (Wildman–Crippen MR) is 111 cm³/mol. The first-order valence-electron chi connectivity index (χ1n) is 10.3. The number of aromatic nitrogens is 4. The lowest BCUT2D eigenvalue weighted by Crippen LogP contribution is -2.40. The maximum atomic E-state index is 12.9. The summed E-state index contributed by atoms with van der Waals surface area (Å²) < 4.78 is 1.51. The zero-order valence-corrected chi connectivity index (χ0v) is 16.7. The van der Waals surface area contributed by atoms with Gasteiger partial charge in [-0.25, -0.2) is 4.68 Å². The Labute approximate surface area is 178 Å². The lowest BCUT2D eigenvalue weighted by molar-refractivity contribution is 0.0549. The molecule has 9 heteroatoms. The number of carbonyl (C=O) groups excluding carboxylic acids is 3. The summed E-state index contributed by atoms with van der Waals surface area (Å²) in [6, 6.07) is 11.7. The second-order valence-electron chi connectivity index (χ2n) is 7.79. The van der Waals surface area contributed by atoms with Crippen molar-refractivity contribution in [3.05, 3.63) is 65.5 Å². The molecule has 1 saturated carbocycles. The van der Waals surface area contributed by atoms with Gasteiger partial charge in [0.15, 0.2) is 0 Å². The molecule has 156 valence electrons. The predicted octanol–water partition coefficient (Wildman–Crippen LogP) is 2.84. The number of hydrogen-bond donors (Lipinski definition) is 1. The van der Waals surface area contributed by atoms with E-state index in [1.807, 2.05) is 0 Å². The van der Waals surface area contributed by atoms with E-state index in [-0.39, 0.29) is 23.8 Å². The second kappa shape index (κ2) is 7.75. The highest BCUT2D eigenvalue weighted by Crippen LogP contribution is 2.31. The molecule has 0 atom stereocenters. The maximum absolute atomic E-state index is 12.9. The minimum absolute atomic E-state index is 0.0443. The van der Waals surface area contributed by atoms with Crippen molar-refractivity contribution in [2.24, 2.45) is 0 Å². The quantitative estimate of drug-likeness (QED) is 0.655. The van der Waals surface area contributed by atoms with E-state index >= 15 is 0 Å². The van der Waals surface area contributed by atoms with Crippen LogP contribution in [0.5, 0.6) is 0 Å². The van der Waals surface area contributed by atoms with Crippen molar-refractivity contribution in [3.8, 4) is 5.69 Å². The van der Waals surface area contributed by atoms with Gasteiger partial charge < -0.3 is 5.32 Å². The number of fused-ring (bicyclic) bond motifs is 1. The SMILES string of the molecule is O=C(Nc1ccc(-n2cnnn2)cc1)c1ccc2c(c1)C(=O)N(C1CCCCC1)C2=O. The molecule has 1 aliphatic heterocycles. The Morgan fingerprint density at radius 3 is 2.39 bits per heavy atom. The molecule has 1 aromatic heterocycles. The van der Waals surface area contributed by atoms with Gasteiger partial charge in [-0.15, -0.1) is 5.10 Å². The molecule has 3 amide bonds. The molecule has 2 heterocycles. The molecule has 0 bridgehead atoms. The number of carbonyl (C=O) groups is 3. The lowest BCUT2D eigenvalue weighted by atomic mass is 9.94. The Morgan fingerprint density at radius 2 is 1.68 bits per heavy atom. The van der Waals surface area contributed by atoms with E-state index in [9.17, 15) is 14.4 Å². The Bertz CT molecular complexity index is 1150. The zero-order chi connectivity index (χ0) is 21.4. The van der Waals surface area contributed by atoms with Crippen molar-refractivity contribution < 1.29 is 14.4 Å². The maximum Gasteiger partial charge on any atom is 0.261 e. The molecule has 2 aromatic carbocycles. The van der Waals surface area contributed by atoms with Crippen LogP contribution in [0.3, 0.4) is 0 Å². The molecule has 0 unspecified atom stereocenters. The third kappa shape index (κ3) is 3.48. The Hall–Kier alpha value is -3.88. The molecular formula is C22H20N6O3. The standard InChI is InChI=1S/C22H20N6O3/c29-20(24-15-7-9-16(10-8-15)27-13-23-25-26-27)14-6-11-18-19(12-14)22(31)28(21(18)30)17-4-2-1-3-5-17/h6-13,17H,1-5H2,(H,24,29). The highest BCUT2D eigenvalue weighted by Gasteiger charge is 2.40.